The fraction of sp³-hybridized carbons (Fsp3) is 0.143. The molecule has 0 saturated carbocycles. The number of nitrogens with one attached hydrogen (secondary N) is 1. The average Bonchev–Trinajstić information content (AvgIpc) is 2.30. The van der Waals surface area contributed by atoms with Gasteiger partial charge in [0.05, 0.1) is 4.47 Å². The fourth-order valence-electron chi connectivity index (χ4n) is 1.74. The minimum absolute atomic E-state index is 0.207. The topological polar surface area (TPSA) is 32.3 Å². The van der Waals surface area contributed by atoms with Crippen molar-refractivity contribution < 1.29 is 9.50 Å². The number of phenols is 1. The van der Waals surface area contributed by atoms with Gasteiger partial charge in [-0.25, -0.2) is 4.39 Å². The molecule has 0 aliphatic rings. The lowest BCUT2D eigenvalue weighted by atomic mass is 10.2. The molecule has 0 spiro atoms. The Hall–Kier alpha value is -1.55. The smallest absolute Gasteiger partial charge is 0.134 e. The van der Waals surface area contributed by atoms with Crippen molar-refractivity contribution in [2.45, 2.75) is 13.5 Å². The Morgan fingerprint density at radius 2 is 2.06 bits per heavy atom. The van der Waals surface area contributed by atoms with E-state index in [1.54, 1.807) is 6.07 Å². The number of hydrogen-bond acceptors (Lipinski definition) is 2. The summed E-state index contributed by atoms with van der Waals surface area (Å²) >= 11 is 3.26. The fourth-order valence-corrected chi connectivity index (χ4v) is 2.15. The highest BCUT2D eigenvalue weighted by atomic mass is 79.9. The highest BCUT2D eigenvalue weighted by molar-refractivity contribution is 9.10. The maximum absolute atomic E-state index is 13.2. The molecule has 2 aromatic carbocycles. The predicted octanol–water partition coefficient (Wildman–Crippen LogP) is 4.21. The molecule has 0 aliphatic carbocycles. The van der Waals surface area contributed by atoms with E-state index in [0.29, 0.717) is 16.7 Å². The standard InChI is InChI=1S/C14H13BrFNO/c1-9-5-11(16)7-12(6-9)17-8-10-3-2-4-13(15)14(10)18/h2-7,17-18H,8H2,1H3. The third-order valence-electron chi connectivity index (χ3n) is 2.60. The van der Waals surface area contributed by atoms with Gasteiger partial charge in [0.15, 0.2) is 0 Å². The Balaban J connectivity index is 2.14. The van der Waals surface area contributed by atoms with E-state index in [1.807, 2.05) is 25.1 Å². The van der Waals surface area contributed by atoms with Crippen LogP contribution in [0.15, 0.2) is 40.9 Å². The van der Waals surface area contributed by atoms with Gasteiger partial charge >= 0.3 is 0 Å². The normalized spacial score (nSPS) is 10.4. The molecule has 0 amide bonds. The SMILES string of the molecule is Cc1cc(F)cc(NCc2cccc(Br)c2O)c1. The maximum atomic E-state index is 13.2. The molecule has 0 fully saturated rings. The Kier molecular flexibility index (Phi) is 3.87. The second-order valence-electron chi connectivity index (χ2n) is 4.12. The van der Waals surface area contributed by atoms with Gasteiger partial charge in [0.25, 0.3) is 0 Å². The molecule has 94 valence electrons. The van der Waals surface area contributed by atoms with E-state index < -0.39 is 0 Å². The molecule has 0 unspecified atom stereocenters. The number of anilines is 1. The minimum atomic E-state index is -0.268. The van der Waals surface area contributed by atoms with Gasteiger partial charge in [-0.2, -0.15) is 0 Å². The molecule has 0 radical (unpaired) electrons. The third kappa shape index (κ3) is 3.01. The van der Waals surface area contributed by atoms with Crippen molar-refractivity contribution in [3.63, 3.8) is 0 Å². The first-order valence-corrected chi connectivity index (χ1v) is 6.33. The quantitative estimate of drug-likeness (QED) is 0.890. The maximum Gasteiger partial charge on any atom is 0.134 e. The van der Waals surface area contributed by atoms with Crippen LogP contribution < -0.4 is 5.32 Å². The van der Waals surface area contributed by atoms with Crippen LogP contribution in [0.1, 0.15) is 11.1 Å². The monoisotopic (exact) mass is 309 g/mol. The summed E-state index contributed by atoms with van der Waals surface area (Å²) in [6, 6.07) is 10.2. The first-order chi connectivity index (χ1) is 8.56. The van der Waals surface area contributed by atoms with E-state index in [0.717, 1.165) is 11.1 Å². The van der Waals surface area contributed by atoms with Crippen molar-refractivity contribution in [1.82, 2.24) is 0 Å². The minimum Gasteiger partial charge on any atom is -0.506 e. The van der Waals surface area contributed by atoms with Crippen LogP contribution in [-0.4, -0.2) is 5.11 Å². The number of aromatic hydroxyl groups is 1. The molecule has 0 saturated heterocycles. The molecule has 4 heteroatoms. The number of hydrogen-bond donors (Lipinski definition) is 2. The number of benzene rings is 2. The van der Waals surface area contributed by atoms with Gasteiger partial charge in [-0.05, 0) is 52.7 Å². The van der Waals surface area contributed by atoms with Crippen molar-refractivity contribution in [3.8, 4) is 5.75 Å². The van der Waals surface area contributed by atoms with Crippen LogP contribution in [0, 0.1) is 12.7 Å². The first kappa shape index (κ1) is 12.9. The van der Waals surface area contributed by atoms with E-state index in [9.17, 15) is 9.50 Å². The van der Waals surface area contributed by atoms with E-state index in [4.69, 9.17) is 0 Å². The molecular formula is C14H13BrFNO. The van der Waals surface area contributed by atoms with Gasteiger partial charge in [-0.3, -0.25) is 0 Å². The third-order valence-corrected chi connectivity index (χ3v) is 3.24. The summed E-state index contributed by atoms with van der Waals surface area (Å²) in [6.45, 7) is 2.28. The van der Waals surface area contributed by atoms with Crippen molar-refractivity contribution in [1.29, 1.82) is 0 Å². The molecule has 0 aromatic heterocycles. The summed E-state index contributed by atoms with van der Waals surface area (Å²) in [7, 11) is 0. The van der Waals surface area contributed by atoms with E-state index in [1.165, 1.54) is 12.1 Å². The number of aryl methyl sites for hydroxylation is 1. The Morgan fingerprint density at radius 1 is 1.28 bits per heavy atom. The van der Waals surface area contributed by atoms with Crippen LogP contribution in [0.2, 0.25) is 0 Å². The van der Waals surface area contributed by atoms with Gasteiger partial charge in [0, 0.05) is 17.8 Å². The second-order valence-corrected chi connectivity index (χ2v) is 4.97. The molecule has 0 aliphatic heterocycles. The molecule has 2 nitrogen and oxygen atoms in total. The molecule has 0 heterocycles. The van der Waals surface area contributed by atoms with Crippen LogP contribution >= 0.6 is 15.9 Å². The van der Waals surface area contributed by atoms with Crippen molar-refractivity contribution >= 4 is 21.6 Å². The van der Waals surface area contributed by atoms with E-state index >= 15 is 0 Å². The lowest BCUT2D eigenvalue weighted by Gasteiger charge is -2.10. The highest BCUT2D eigenvalue weighted by Crippen LogP contribution is 2.28. The Labute approximate surface area is 114 Å². The van der Waals surface area contributed by atoms with Gasteiger partial charge in [-0.1, -0.05) is 12.1 Å². The van der Waals surface area contributed by atoms with Gasteiger partial charge in [0.2, 0.25) is 0 Å². The van der Waals surface area contributed by atoms with Gasteiger partial charge in [0.1, 0.15) is 11.6 Å². The summed E-state index contributed by atoms with van der Waals surface area (Å²) in [4.78, 5) is 0. The van der Waals surface area contributed by atoms with Crippen molar-refractivity contribution in [2.75, 3.05) is 5.32 Å². The first-order valence-electron chi connectivity index (χ1n) is 5.53. The summed E-state index contributed by atoms with van der Waals surface area (Å²) < 4.78 is 13.9. The molecule has 0 bridgehead atoms. The zero-order valence-electron chi connectivity index (χ0n) is 9.87. The second kappa shape index (κ2) is 5.40. The summed E-state index contributed by atoms with van der Waals surface area (Å²) in [5.41, 5.74) is 2.31. The molecule has 0 atom stereocenters. The van der Waals surface area contributed by atoms with E-state index in [-0.39, 0.29) is 11.6 Å². The number of para-hydroxylation sites is 1. The van der Waals surface area contributed by atoms with Crippen LogP contribution in [-0.2, 0) is 6.54 Å². The van der Waals surface area contributed by atoms with Gasteiger partial charge in [-0.15, -0.1) is 0 Å². The van der Waals surface area contributed by atoms with E-state index in [2.05, 4.69) is 21.2 Å². The van der Waals surface area contributed by atoms with Crippen LogP contribution in [0.3, 0.4) is 0 Å². The zero-order valence-corrected chi connectivity index (χ0v) is 11.5. The highest BCUT2D eigenvalue weighted by Gasteiger charge is 2.05. The van der Waals surface area contributed by atoms with Crippen LogP contribution in [0.5, 0.6) is 5.75 Å². The largest absolute Gasteiger partial charge is 0.506 e. The predicted molar refractivity (Wildman–Crippen MR) is 74.3 cm³/mol. The summed E-state index contributed by atoms with van der Waals surface area (Å²) in [5.74, 6) is -0.0610. The average molecular weight is 310 g/mol. The molecule has 2 N–H and O–H groups in total. The lowest BCUT2D eigenvalue weighted by molar-refractivity contribution is 0.465. The lowest BCUT2D eigenvalue weighted by Crippen LogP contribution is -2.00. The molecule has 2 rings (SSSR count). The molecule has 2 aromatic rings. The summed E-state index contributed by atoms with van der Waals surface area (Å²) in [5, 5.41) is 12.9. The van der Waals surface area contributed by atoms with Crippen LogP contribution in [0.25, 0.3) is 0 Å². The zero-order chi connectivity index (χ0) is 13.1. The number of rotatable bonds is 3. The van der Waals surface area contributed by atoms with Crippen molar-refractivity contribution in [3.05, 3.63) is 57.8 Å². The Morgan fingerprint density at radius 3 is 2.78 bits per heavy atom. The summed E-state index contributed by atoms with van der Waals surface area (Å²) in [6.07, 6.45) is 0. The van der Waals surface area contributed by atoms with Crippen molar-refractivity contribution in [2.24, 2.45) is 0 Å². The molecule has 18 heavy (non-hydrogen) atoms. The van der Waals surface area contributed by atoms with Gasteiger partial charge < -0.3 is 10.4 Å². The number of phenolic OH excluding ortho intramolecular Hbond substituents is 1. The number of halogens is 2. The molecular weight excluding hydrogens is 297 g/mol. The van der Waals surface area contributed by atoms with Crippen LogP contribution in [0.4, 0.5) is 10.1 Å². The Bertz CT molecular complexity index is 551.